The molecule has 6 heteroatoms. The standard InChI is InChI=1S/C19H21N5O/c1-14-17(19(25)24(2)13-16-8-10-22-23-16)6-3-7-18(14)21-12-15-5-4-9-20-11-15/h3-11,21H,12-13H2,1-2H3,(H,22,23). The Morgan fingerprint density at radius 3 is 2.80 bits per heavy atom. The molecule has 0 atom stereocenters. The molecule has 3 rings (SSSR count). The molecule has 3 aromatic rings. The maximum atomic E-state index is 12.8. The first kappa shape index (κ1) is 16.7. The summed E-state index contributed by atoms with van der Waals surface area (Å²) in [5.41, 5.74) is 4.57. The molecule has 2 N–H and O–H groups in total. The van der Waals surface area contributed by atoms with Crippen LogP contribution in [-0.2, 0) is 13.1 Å². The van der Waals surface area contributed by atoms with Crippen molar-refractivity contribution in [3.63, 3.8) is 0 Å². The number of nitrogens with zero attached hydrogens (tertiary/aromatic N) is 3. The second-order valence-electron chi connectivity index (χ2n) is 5.94. The first-order valence-electron chi connectivity index (χ1n) is 8.11. The fraction of sp³-hybridized carbons (Fsp3) is 0.211. The number of aromatic nitrogens is 3. The number of nitrogens with one attached hydrogen (secondary N) is 2. The van der Waals surface area contributed by atoms with Crippen LogP contribution in [0.2, 0.25) is 0 Å². The Bertz CT molecular complexity index is 830. The van der Waals surface area contributed by atoms with Crippen molar-refractivity contribution in [1.82, 2.24) is 20.1 Å². The Kier molecular flexibility index (Phi) is 5.09. The lowest BCUT2D eigenvalue weighted by atomic mass is 10.1. The van der Waals surface area contributed by atoms with Crippen LogP contribution in [0, 0.1) is 6.92 Å². The summed E-state index contributed by atoms with van der Waals surface area (Å²) in [5, 5.41) is 10.2. The molecule has 6 nitrogen and oxygen atoms in total. The van der Waals surface area contributed by atoms with Gasteiger partial charge in [0.25, 0.3) is 5.91 Å². The van der Waals surface area contributed by atoms with Crippen molar-refractivity contribution in [2.75, 3.05) is 12.4 Å². The average molecular weight is 335 g/mol. The van der Waals surface area contributed by atoms with Gasteiger partial charge in [0, 0.05) is 43.4 Å². The third-order valence-corrected chi connectivity index (χ3v) is 4.08. The Morgan fingerprint density at radius 2 is 2.08 bits per heavy atom. The molecule has 0 spiro atoms. The molecule has 2 heterocycles. The summed E-state index contributed by atoms with van der Waals surface area (Å²) in [6.45, 7) is 3.12. The van der Waals surface area contributed by atoms with E-state index in [9.17, 15) is 4.79 Å². The topological polar surface area (TPSA) is 73.9 Å². The summed E-state index contributed by atoms with van der Waals surface area (Å²) in [6.07, 6.45) is 5.26. The smallest absolute Gasteiger partial charge is 0.254 e. The number of carbonyl (C=O) groups is 1. The zero-order valence-electron chi connectivity index (χ0n) is 14.4. The average Bonchev–Trinajstić information content (AvgIpc) is 3.14. The third-order valence-electron chi connectivity index (χ3n) is 4.08. The highest BCUT2D eigenvalue weighted by Gasteiger charge is 2.16. The van der Waals surface area contributed by atoms with Crippen LogP contribution in [0.5, 0.6) is 0 Å². The van der Waals surface area contributed by atoms with Crippen LogP contribution in [0.15, 0.2) is 55.0 Å². The van der Waals surface area contributed by atoms with Crippen LogP contribution in [0.25, 0.3) is 0 Å². The van der Waals surface area contributed by atoms with Crippen molar-refractivity contribution in [3.8, 4) is 0 Å². The van der Waals surface area contributed by atoms with E-state index in [2.05, 4.69) is 20.5 Å². The minimum absolute atomic E-state index is 0.0165. The lowest BCUT2D eigenvalue weighted by molar-refractivity contribution is 0.0782. The Balaban J connectivity index is 1.72. The van der Waals surface area contributed by atoms with Gasteiger partial charge in [-0.2, -0.15) is 5.10 Å². The number of aromatic amines is 1. The van der Waals surface area contributed by atoms with Gasteiger partial charge >= 0.3 is 0 Å². The number of carbonyl (C=O) groups excluding carboxylic acids is 1. The number of H-pyrrole nitrogens is 1. The van der Waals surface area contributed by atoms with Gasteiger partial charge in [0.2, 0.25) is 0 Å². The van der Waals surface area contributed by atoms with E-state index in [4.69, 9.17) is 0 Å². The van der Waals surface area contributed by atoms with Gasteiger partial charge in [-0.1, -0.05) is 12.1 Å². The summed E-state index contributed by atoms with van der Waals surface area (Å²) >= 11 is 0. The van der Waals surface area contributed by atoms with Gasteiger partial charge in [0.15, 0.2) is 0 Å². The Hall–Kier alpha value is -3.15. The van der Waals surface area contributed by atoms with Gasteiger partial charge in [-0.3, -0.25) is 14.9 Å². The highest BCUT2D eigenvalue weighted by Crippen LogP contribution is 2.21. The zero-order valence-corrected chi connectivity index (χ0v) is 14.4. The minimum Gasteiger partial charge on any atom is -0.381 e. The molecule has 2 aromatic heterocycles. The van der Waals surface area contributed by atoms with Gasteiger partial charge < -0.3 is 10.2 Å². The SMILES string of the molecule is Cc1c(NCc2cccnc2)cccc1C(=O)N(C)Cc1ccn[nH]1. The molecular weight excluding hydrogens is 314 g/mol. The summed E-state index contributed by atoms with van der Waals surface area (Å²) in [5.74, 6) is -0.0165. The lowest BCUT2D eigenvalue weighted by Gasteiger charge is -2.19. The summed E-state index contributed by atoms with van der Waals surface area (Å²) in [7, 11) is 1.79. The zero-order chi connectivity index (χ0) is 17.6. The molecule has 128 valence electrons. The monoisotopic (exact) mass is 335 g/mol. The fourth-order valence-corrected chi connectivity index (χ4v) is 2.66. The highest BCUT2D eigenvalue weighted by atomic mass is 16.2. The molecule has 1 amide bonds. The van der Waals surface area contributed by atoms with Crippen molar-refractivity contribution in [2.24, 2.45) is 0 Å². The number of rotatable bonds is 6. The number of hydrogen-bond donors (Lipinski definition) is 2. The van der Waals surface area contributed by atoms with Gasteiger partial charge in [-0.25, -0.2) is 0 Å². The van der Waals surface area contributed by atoms with Gasteiger partial charge in [-0.15, -0.1) is 0 Å². The predicted octanol–water partition coefficient (Wildman–Crippen LogP) is 3.00. The maximum Gasteiger partial charge on any atom is 0.254 e. The van der Waals surface area contributed by atoms with E-state index in [1.54, 1.807) is 24.3 Å². The molecule has 0 saturated heterocycles. The first-order chi connectivity index (χ1) is 12.1. The normalized spacial score (nSPS) is 10.5. The summed E-state index contributed by atoms with van der Waals surface area (Å²) in [6, 6.07) is 11.5. The van der Waals surface area contributed by atoms with Gasteiger partial charge in [0.1, 0.15) is 0 Å². The summed E-state index contributed by atoms with van der Waals surface area (Å²) in [4.78, 5) is 18.6. The van der Waals surface area contributed by atoms with Crippen LogP contribution >= 0.6 is 0 Å². The second kappa shape index (κ2) is 7.61. The predicted molar refractivity (Wildman–Crippen MR) is 97.1 cm³/mol. The van der Waals surface area contributed by atoms with E-state index in [0.29, 0.717) is 18.7 Å². The van der Waals surface area contributed by atoms with Crippen LogP contribution < -0.4 is 5.32 Å². The molecule has 0 radical (unpaired) electrons. The quantitative estimate of drug-likeness (QED) is 0.726. The molecule has 0 saturated carbocycles. The first-order valence-corrected chi connectivity index (χ1v) is 8.11. The van der Waals surface area contributed by atoms with E-state index >= 15 is 0 Å². The van der Waals surface area contributed by atoms with Crippen LogP contribution in [-0.4, -0.2) is 33.0 Å². The number of benzene rings is 1. The van der Waals surface area contributed by atoms with Crippen molar-refractivity contribution in [2.45, 2.75) is 20.0 Å². The molecular formula is C19H21N5O. The van der Waals surface area contributed by atoms with Crippen molar-refractivity contribution in [3.05, 3.63) is 77.4 Å². The molecule has 0 aliphatic carbocycles. The second-order valence-corrected chi connectivity index (χ2v) is 5.94. The number of amides is 1. The molecule has 0 aliphatic rings. The third kappa shape index (κ3) is 4.03. The minimum atomic E-state index is -0.0165. The molecule has 25 heavy (non-hydrogen) atoms. The largest absolute Gasteiger partial charge is 0.381 e. The van der Waals surface area contributed by atoms with Crippen molar-refractivity contribution >= 4 is 11.6 Å². The van der Waals surface area contributed by atoms with Crippen LogP contribution in [0.1, 0.15) is 27.2 Å². The Morgan fingerprint density at radius 1 is 1.20 bits per heavy atom. The van der Waals surface area contributed by atoms with Crippen molar-refractivity contribution in [1.29, 1.82) is 0 Å². The fourth-order valence-electron chi connectivity index (χ4n) is 2.66. The maximum absolute atomic E-state index is 12.8. The van der Waals surface area contributed by atoms with E-state index in [0.717, 1.165) is 22.5 Å². The summed E-state index contributed by atoms with van der Waals surface area (Å²) < 4.78 is 0. The number of anilines is 1. The molecule has 0 aliphatic heterocycles. The van der Waals surface area contributed by atoms with E-state index < -0.39 is 0 Å². The van der Waals surface area contributed by atoms with E-state index in [1.165, 1.54) is 0 Å². The molecule has 1 aromatic carbocycles. The van der Waals surface area contributed by atoms with E-state index in [1.807, 2.05) is 49.5 Å². The molecule has 0 fully saturated rings. The Labute approximate surface area is 146 Å². The van der Waals surface area contributed by atoms with Gasteiger partial charge in [0.05, 0.1) is 12.2 Å². The highest BCUT2D eigenvalue weighted by molar-refractivity contribution is 5.96. The van der Waals surface area contributed by atoms with Gasteiger partial charge in [-0.05, 0) is 42.3 Å². The lowest BCUT2D eigenvalue weighted by Crippen LogP contribution is -2.27. The molecule has 0 unspecified atom stereocenters. The van der Waals surface area contributed by atoms with Crippen LogP contribution in [0.4, 0.5) is 5.69 Å². The van der Waals surface area contributed by atoms with Crippen LogP contribution in [0.3, 0.4) is 0 Å². The van der Waals surface area contributed by atoms with Crippen molar-refractivity contribution < 1.29 is 4.79 Å². The van der Waals surface area contributed by atoms with E-state index in [-0.39, 0.29) is 5.91 Å². The number of hydrogen-bond acceptors (Lipinski definition) is 4. The number of pyridine rings is 1. The molecule has 0 bridgehead atoms.